The van der Waals surface area contributed by atoms with Crippen LogP contribution in [-0.4, -0.2) is 47.5 Å². The molecule has 0 heterocycles. The topological polar surface area (TPSA) is 0 Å². The third-order valence-electron chi connectivity index (χ3n) is 2.68. The Morgan fingerprint density at radius 2 is 0.909 bits per heavy atom. The maximum Gasteiger partial charge on any atom is 0.0757 e. The Kier molecular flexibility index (Phi) is 12.8. The van der Waals surface area contributed by atoms with Gasteiger partial charge in [0.05, 0.1) is 26.2 Å². The maximum atomic E-state index is 2.27. The van der Waals surface area contributed by atoms with Gasteiger partial charge >= 0.3 is 0 Å². The Labute approximate surface area is 75.9 Å². The average molecular weight is 156 g/mol. The van der Waals surface area contributed by atoms with Crippen LogP contribution >= 0.6 is 0 Å². The van der Waals surface area contributed by atoms with E-state index in [2.05, 4.69) is 27.7 Å². The molecule has 0 unspecified atom stereocenters. The zero-order valence-corrected chi connectivity index (χ0v) is 7.85. The van der Waals surface area contributed by atoms with E-state index in [9.17, 15) is 0 Å². The zero-order valence-electron chi connectivity index (χ0n) is 7.85. The Hall–Kier alpha value is 0.0899. The molecule has 0 N–H and O–H groups in total. The molecule has 3 heteroatoms. The quantitative estimate of drug-likeness (QED) is 0.398. The fraction of sp³-hybridized carbons (Fsp3) is 1.00. The van der Waals surface area contributed by atoms with Gasteiger partial charge in [0.1, 0.15) is 0 Å². The van der Waals surface area contributed by atoms with Crippen molar-refractivity contribution in [2.75, 3.05) is 26.2 Å². The molecule has 0 atom stereocenters. The summed E-state index contributed by atoms with van der Waals surface area (Å²) in [6.07, 6.45) is 0. The van der Waals surface area contributed by atoms with Gasteiger partial charge in [-0.2, -0.15) is 0 Å². The Morgan fingerprint density at radius 1 is 0.727 bits per heavy atom. The van der Waals surface area contributed by atoms with Crippen LogP contribution in [0.5, 0.6) is 0 Å². The monoisotopic (exact) mass is 156 g/mol. The molecule has 3 radical (unpaired) electrons. The van der Waals surface area contributed by atoms with E-state index in [1.807, 2.05) is 0 Å². The van der Waals surface area contributed by atoms with Gasteiger partial charge in [-0.25, -0.2) is 0 Å². The van der Waals surface area contributed by atoms with Crippen molar-refractivity contribution in [1.82, 2.24) is 0 Å². The van der Waals surface area contributed by atoms with Gasteiger partial charge in [-0.3, -0.25) is 0 Å². The molecule has 1 nitrogen and oxygen atoms in total. The van der Waals surface area contributed by atoms with Crippen molar-refractivity contribution in [3.05, 3.63) is 0 Å². The molecule has 0 aromatic rings. The molecule has 0 aliphatic rings. The fourth-order valence-electron chi connectivity index (χ4n) is 1.34. The first-order valence-electron chi connectivity index (χ1n) is 4.09. The summed E-state index contributed by atoms with van der Waals surface area (Å²) < 4.78 is 1.28. The Balaban J connectivity index is -0.000000320. The van der Waals surface area contributed by atoms with Crippen molar-refractivity contribution in [2.24, 2.45) is 0 Å². The third-order valence-corrected chi connectivity index (χ3v) is 2.68. The lowest BCUT2D eigenvalue weighted by Crippen LogP contribution is -2.47. The van der Waals surface area contributed by atoms with E-state index in [1.165, 1.54) is 30.7 Å². The predicted molar refractivity (Wildman–Crippen MR) is 59.5 cm³/mol. The number of nitrogens with zero attached hydrogens (tertiary/aromatic N) is 1. The summed E-state index contributed by atoms with van der Waals surface area (Å²) in [5, 5.41) is 0. The molecule has 0 aliphatic heterocycles. The average Bonchev–Trinajstić information content (AvgIpc) is 1.95. The van der Waals surface area contributed by atoms with Crippen molar-refractivity contribution in [3.63, 3.8) is 0 Å². The van der Waals surface area contributed by atoms with E-state index in [-0.39, 0.29) is 16.8 Å². The van der Waals surface area contributed by atoms with Gasteiger partial charge in [-0.05, 0) is 27.7 Å². The summed E-state index contributed by atoms with van der Waals surface area (Å²) in [5.41, 5.74) is 0. The van der Waals surface area contributed by atoms with Gasteiger partial charge in [0.25, 0.3) is 0 Å². The molecular formula is C8H24B2N. The summed E-state index contributed by atoms with van der Waals surface area (Å²) >= 11 is 0. The van der Waals surface area contributed by atoms with Gasteiger partial charge in [0, 0.05) is 8.41 Å². The molecule has 0 spiro atoms. The smallest absolute Gasteiger partial charge is 0.0757 e. The van der Waals surface area contributed by atoms with E-state index in [4.69, 9.17) is 0 Å². The lowest BCUT2D eigenvalue weighted by atomic mass is 10.3. The third kappa shape index (κ3) is 4.52. The van der Waals surface area contributed by atoms with Gasteiger partial charge in [-0.1, -0.05) is 8.41 Å². The highest BCUT2D eigenvalue weighted by atomic mass is 15.3. The molecule has 0 fully saturated rings. The largest absolute Gasteiger partial charge is 0.325 e. The van der Waals surface area contributed by atoms with E-state index in [1.54, 1.807) is 0 Å². The Bertz CT molecular complexity index is 55.0. The van der Waals surface area contributed by atoms with Crippen LogP contribution in [0, 0.1) is 0 Å². The molecule has 0 aromatic heterocycles. The van der Waals surface area contributed by atoms with Crippen LogP contribution in [-0.2, 0) is 0 Å². The standard InChI is InChI=1S/C8H20N.BH4.B/c1-5-9(6-2,7-3)8-4;;/h5-8H2,1-4H3;1H4;/q+1;-1;. The van der Waals surface area contributed by atoms with Gasteiger partial charge in [-0.15, -0.1) is 0 Å². The van der Waals surface area contributed by atoms with Crippen molar-refractivity contribution in [1.29, 1.82) is 0 Å². The zero-order chi connectivity index (χ0) is 7.33. The molecule has 67 valence electrons. The lowest BCUT2D eigenvalue weighted by molar-refractivity contribution is -0.921. The van der Waals surface area contributed by atoms with Crippen LogP contribution < -0.4 is 0 Å². The molecule has 0 bridgehead atoms. The SMILES string of the molecule is CC[N+](CC)(CC)CC.[BH4-].[B]. The minimum atomic E-state index is 0. The highest BCUT2D eigenvalue weighted by Gasteiger charge is 2.16. The summed E-state index contributed by atoms with van der Waals surface area (Å²) in [6.45, 7) is 14.2. The fourth-order valence-corrected chi connectivity index (χ4v) is 1.34. The molecule has 0 saturated heterocycles. The second-order valence-corrected chi connectivity index (χ2v) is 2.61. The second-order valence-electron chi connectivity index (χ2n) is 2.61. The molecule has 0 amide bonds. The van der Waals surface area contributed by atoms with Crippen molar-refractivity contribution in [3.8, 4) is 0 Å². The highest BCUT2D eigenvalue weighted by molar-refractivity contribution is 5.76. The van der Waals surface area contributed by atoms with Crippen LogP contribution in [0.15, 0.2) is 0 Å². The van der Waals surface area contributed by atoms with E-state index in [0.29, 0.717) is 0 Å². The van der Waals surface area contributed by atoms with Crippen LogP contribution in [0.2, 0.25) is 0 Å². The van der Waals surface area contributed by atoms with Crippen LogP contribution in [0.1, 0.15) is 27.7 Å². The van der Waals surface area contributed by atoms with Gasteiger partial charge < -0.3 is 4.48 Å². The number of hydrogen-bond donors (Lipinski definition) is 0. The first-order valence-corrected chi connectivity index (χ1v) is 4.09. The minimum absolute atomic E-state index is 0. The molecular weight excluding hydrogens is 132 g/mol. The first kappa shape index (κ1) is 17.3. The van der Waals surface area contributed by atoms with Crippen LogP contribution in [0.4, 0.5) is 0 Å². The predicted octanol–water partition coefficient (Wildman–Crippen LogP) is 0.0504. The van der Waals surface area contributed by atoms with Crippen molar-refractivity contribution < 1.29 is 4.48 Å². The van der Waals surface area contributed by atoms with Gasteiger partial charge in [0.2, 0.25) is 0 Å². The highest BCUT2D eigenvalue weighted by Crippen LogP contribution is 2.03. The lowest BCUT2D eigenvalue weighted by Gasteiger charge is -2.34. The van der Waals surface area contributed by atoms with E-state index < -0.39 is 0 Å². The summed E-state index contributed by atoms with van der Waals surface area (Å²) in [7, 11) is 0. The Morgan fingerprint density at radius 3 is 0.909 bits per heavy atom. The number of hydrogen-bond acceptors (Lipinski definition) is 0. The van der Waals surface area contributed by atoms with E-state index in [0.717, 1.165) is 0 Å². The normalized spacial score (nSPS) is 9.82. The number of quaternary nitrogens is 1. The molecule has 0 saturated carbocycles. The summed E-state index contributed by atoms with van der Waals surface area (Å²) in [5.74, 6) is 0. The van der Waals surface area contributed by atoms with Crippen molar-refractivity contribution >= 4 is 16.8 Å². The van der Waals surface area contributed by atoms with Crippen molar-refractivity contribution in [2.45, 2.75) is 27.7 Å². The summed E-state index contributed by atoms with van der Waals surface area (Å²) in [4.78, 5) is 0. The van der Waals surface area contributed by atoms with Gasteiger partial charge in [0.15, 0.2) is 0 Å². The first-order chi connectivity index (χ1) is 4.24. The molecule has 11 heavy (non-hydrogen) atoms. The van der Waals surface area contributed by atoms with E-state index >= 15 is 0 Å². The molecule has 0 rings (SSSR count). The van der Waals surface area contributed by atoms with Crippen LogP contribution in [0.25, 0.3) is 0 Å². The second kappa shape index (κ2) is 8.19. The minimum Gasteiger partial charge on any atom is -0.325 e. The maximum absolute atomic E-state index is 2.27. The number of rotatable bonds is 4. The van der Waals surface area contributed by atoms with Crippen LogP contribution in [0.3, 0.4) is 0 Å². The molecule has 0 aromatic carbocycles. The summed E-state index contributed by atoms with van der Waals surface area (Å²) in [6, 6.07) is 0. The molecule has 0 aliphatic carbocycles.